The van der Waals surface area contributed by atoms with Crippen molar-refractivity contribution < 1.29 is 23.8 Å². The number of ether oxygens (including phenoxy) is 3. The fourth-order valence-corrected chi connectivity index (χ4v) is 2.63. The summed E-state index contributed by atoms with van der Waals surface area (Å²) in [6.45, 7) is 2.85. The van der Waals surface area contributed by atoms with Crippen molar-refractivity contribution >= 4 is 11.9 Å². The summed E-state index contributed by atoms with van der Waals surface area (Å²) in [5.74, 6) is -0.877. The molecule has 0 aromatic carbocycles. The topological polar surface area (TPSA) is 117 Å². The average molecular weight is 340 g/mol. The van der Waals surface area contributed by atoms with E-state index in [1.807, 2.05) is 0 Å². The Labute approximate surface area is 137 Å². The molecule has 0 radical (unpaired) electrons. The maximum Gasteiger partial charge on any atom is 0.330 e. The van der Waals surface area contributed by atoms with Crippen molar-refractivity contribution in [3.63, 3.8) is 0 Å². The highest BCUT2D eigenvalue weighted by Crippen LogP contribution is 2.32. The third-order valence-corrected chi connectivity index (χ3v) is 3.81. The Morgan fingerprint density at radius 1 is 1.42 bits per heavy atom. The van der Waals surface area contributed by atoms with E-state index in [9.17, 15) is 19.2 Å². The predicted octanol–water partition coefficient (Wildman–Crippen LogP) is 0.0174. The molecule has 0 spiro atoms. The van der Waals surface area contributed by atoms with Crippen molar-refractivity contribution in [2.75, 3.05) is 7.11 Å². The Bertz CT molecular complexity index is 736. The van der Waals surface area contributed by atoms with Gasteiger partial charge in [-0.15, -0.1) is 0 Å². The summed E-state index contributed by atoms with van der Waals surface area (Å²) >= 11 is 0. The molecule has 1 aliphatic rings. The van der Waals surface area contributed by atoms with Gasteiger partial charge < -0.3 is 14.2 Å². The molecule has 132 valence electrons. The van der Waals surface area contributed by atoms with Gasteiger partial charge in [-0.3, -0.25) is 23.9 Å². The Kier molecular flexibility index (Phi) is 5.55. The standard InChI is InChI=1S/C15H20N2O7/c1-8-7-17(15(21)16-14(8)20)12-6-11(23-9(2)18)10(24-12)4-5-13(19)22-3/h7,10-12H,4-6H2,1-3H3,(H,16,20,21)/t10-,11+,12-/m1/s1. The minimum atomic E-state index is -0.694. The molecule has 0 amide bonds. The Morgan fingerprint density at radius 2 is 2.12 bits per heavy atom. The third-order valence-electron chi connectivity index (χ3n) is 3.81. The van der Waals surface area contributed by atoms with Gasteiger partial charge in [0.15, 0.2) is 0 Å². The molecule has 1 aromatic rings. The number of esters is 2. The van der Waals surface area contributed by atoms with Gasteiger partial charge in [-0.25, -0.2) is 4.79 Å². The number of aromatic amines is 1. The molecule has 1 aromatic heterocycles. The van der Waals surface area contributed by atoms with Gasteiger partial charge in [0.25, 0.3) is 5.56 Å². The minimum Gasteiger partial charge on any atom is -0.469 e. The normalized spacial score (nSPS) is 23.0. The lowest BCUT2D eigenvalue weighted by molar-refractivity contribution is -0.150. The van der Waals surface area contributed by atoms with Crippen molar-refractivity contribution in [3.05, 3.63) is 32.6 Å². The highest BCUT2D eigenvalue weighted by Gasteiger charge is 2.39. The highest BCUT2D eigenvalue weighted by atomic mass is 16.6. The van der Waals surface area contributed by atoms with Crippen LogP contribution in [0.4, 0.5) is 0 Å². The molecule has 2 rings (SSSR count). The fourth-order valence-electron chi connectivity index (χ4n) is 2.63. The largest absolute Gasteiger partial charge is 0.469 e. The number of rotatable bonds is 5. The van der Waals surface area contributed by atoms with Crippen LogP contribution < -0.4 is 11.2 Å². The summed E-state index contributed by atoms with van der Waals surface area (Å²) in [6.07, 6.45) is 0.216. The molecule has 1 N–H and O–H groups in total. The zero-order valence-electron chi connectivity index (χ0n) is 13.7. The Morgan fingerprint density at radius 3 is 2.75 bits per heavy atom. The summed E-state index contributed by atoms with van der Waals surface area (Å²) in [5.41, 5.74) is -0.709. The quantitative estimate of drug-likeness (QED) is 0.751. The number of aromatic nitrogens is 2. The SMILES string of the molecule is COC(=O)CC[C@H]1O[C@@H](n2cc(C)c(=O)[nH]c2=O)C[C@@H]1OC(C)=O. The number of aryl methyl sites for hydroxylation is 1. The summed E-state index contributed by atoms with van der Waals surface area (Å²) in [5, 5.41) is 0. The van der Waals surface area contributed by atoms with Crippen LogP contribution in [0, 0.1) is 6.92 Å². The van der Waals surface area contributed by atoms with Gasteiger partial charge in [-0.1, -0.05) is 0 Å². The number of hydrogen-bond donors (Lipinski definition) is 1. The highest BCUT2D eigenvalue weighted by molar-refractivity contribution is 5.69. The molecule has 9 heteroatoms. The first kappa shape index (κ1) is 17.9. The summed E-state index contributed by atoms with van der Waals surface area (Å²) in [4.78, 5) is 48.2. The second-order valence-electron chi connectivity index (χ2n) is 5.61. The Balaban J connectivity index is 2.20. The van der Waals surface area contributed by atoms with Gasteiger partial charge in [0.1, 0.15) is 12.3 Å². The van der Waals surface area contributed by atoms with Gasteiger partial charge in [0.05, 0.1) is 13.2 Å². The zero-order valence-corrected chi connectivity index (χ0v) is 13.7. The van der Waals surface area contributed by atoms with Crippen molar-refractivity contribution in [2.45, 2.75) is 51.5 Å². The van der Waals surface area contributed by atoms with E-state index in [1.165, 1.54) is 24.8 Å². The lowest BCUT2D eigenvalue weighted by atomic mass is 10.1. The van der Waals surface area contributed by atoms with Crippen LogP contribution in [0.25, 0.3) is 0 Å². The molecular weight excluding hydrogens is 320 g/mol. The summed E-state index contributed by atoms with van der Waals surface area (Å²) in [7, 11) is 1.28. The van der Waals surface area contributed by atoms with Crippen LogP contribution in [-0.2, 0) is 23.8 Å². The number of nitrogens with zero attached hydrogens (tertiary/aromatic N) is 1. The number of nitrogens with one attached hydrogen (secondary N) is 1. The molecule has 3 atom stereocenters. The van der Waals surface area contributed by atoms with Crippen LogP contribution in [0.2, 0.25) is 0 Å². The second-order valence-corrected chi connectivity index (χ2v) is 5.61. The molecule has 1 saturated heterocycles. The van der Waals surface area contributed by atoms with Crippen LogP contribution >= 0.6 is 0 Å². The van der Waals surface area contributed by atoms with Crippen molar-refractivity contribution in [2.24, 2.45) is 0 Å². The van der Waals surface area contributed by atoms with E-state index >= 15 is 0 Å². The predicted molar refractivity (Wildman–Crippen MR) is 81.4 cm³/mol. The molecule has 9 nitrogen and oxygen atoms in total. The van der Waals surface area contributed by atoms with E-state index in [4.69, 9.17) is 9.47 Å². The molecule has 2 heterocycles. The first-order valence-electron chi connectivity index (χ1n) is 7.53. The van der Waals surface area contributed by atoms with Crippen molar-refractivity contribution in [1.82, 2.24) is 9.55 Å². The van der Waals surface area contributed by atoms with Gasteiger partial charge in [-0.2, -0.15) is 0 Å². The smallest absolute Gasteiger partial charge is 0.330 e. The molecule has 0 saturated carbocycles. The van der Waals surface area contributed by atoms with Gasteiger partial charge in [-0.05, 0) is 13.3 Å². The van der Waals surface area contributed by atoms with E-state index in [1.54, 1.807) is 6.92 Å². The molecule has 0 unspecified atom stereocenters. The van der Waals surface area contributed by atoms with E-state index in [0.717, 1.165) is 0 Å². The van der Waals surface area contributed by atoms with Crippen LogP contribution in [0.5, 0.6) is 0 Å². The van der Waals surface area contributed by atoms with Gasteiger partial charge in [0.2, 0.25) is 0 Å². The number of H-pyrrole nitrogens is 1. The molecule has 1 fully saturated rings. The number of hydrogen-bond acceptors (Lipinski definition) is 7. The first-order valence-corrected chi connectivity index (χ1v) is 7.53. The number of methoxy groups -OCH3 is 1. The maximum absolute atomic E-state index is 12.0. The van der Waals surface area contributed by atoms with Crippen LogP contribution in [0.3, 0.4) is 0 Å². The molecular formula is C15H20N2O7. The fraction of sp³-hybridized carbons (Fsp3) is 0.600. The van der Waals surface area contributed by atoms with Crippen molar-refractivity contribution in [1.29, 1.82) is 0 Å². The molecule has 24 heavy (non-hydrogen) atoms. The number of carbonyl (C=O) groups is 2. The van der Waals surface area contributed by atoms with Gasteiger partial charge >= 0.3 is 17.6 Å². The zero-order chi connectivity index (χ0) is 17.9. The average Bonchev–Trinajstić information content (AvgIpc) is 2.90. The Hall–Kier alpha value is -2.42. The van der Waals surface area contributed by atoms with E-state index < -0.39 is 41.6 Å². The monoisotopic (exact) mass is 340 g/mol. The molecule has 0 bridgehead atoms. The van der Waals surface area contributed by atoms with Gasteiger partial charge in [0, 0.05) is 31.5 Å². The number of carbonyl (C=O) groups excluding carboxylic acids is 2. The molecule has 0 aliphatic carbocycles. The summed E-state index contributed by atoms with van der Waals surface area (Å²) in [6, 6.07) is 0. The summed E-state index contributed by atoms with van der Waals surface area (Å²) < 4.78 is 16.9. The molecule has 1 aliphatic heterocycles. The van der Waals surface area contributed by atoms with E-state index in [0.29, 0.717) is 5.56 Å². The van der Waals surface area contributed by atoms with Crippen LogP contribution in [-0.4, -0.2) is 40.8 Å². The van der Waals surface area contributed by atoms with Crippen molar-refractivity contribution in [3.8, 4) is 0 Å². The van der Waals surface area contributed by atoms with E-state index in [2.05, 4.69) is 9.72 Å². The maximum atomic E-state index is 12.0. The minimum absolute atomic E-state index is 0.102. The van der Waals surface area contributed by atoms with Crippen LogP contribution in [0.15, 0.2) is 15.8 Å². The van der Waals surface area contributed by atoms with Crippen LogP contribution in [0.1, 0.15) is 38.0 Å². The second kappa shape index (κ2) is 7.43. The third kappa shape index (κ3) is 4.10. The first-order chi connectivity index (χ1) is 11.3. The van der Waals surface area contributed by atoms with E-state index in [-0.39, 0.29) is 19.3 Å². The lowest BCUT2D eigenvalue weighted by Crippen LogP contribution is -2.33. The lowest BCUT2D eigenvalue weighted by Gasteiger charge is -2.17.